The highest BCUT2D eigenvalue weighted by atomic mass is 79.9. The minimum Gasteiger partial charge on any atom is -0.489 e. The average Bonchev–Trinajstić information content (AvgIpc) is 2.21. The molecule has 1 rings (SSSR count). The van der Waals surface area contributed by atoms with Crippen molar-refractivity contribution in [1.29, 1.82) is 0 Å². The Labute approximate surface area is 99.5 Å². The number of esters is 1. The Bertz CT molecular complexity index is 373. The molecule has 0 aliphatic carbocycles. The number of hydrogen-bond acceptors (Lipinski definition) is 3. The molecule has 0 N–H and O–H groups in total. The zero-order valence-corrected chi connectivity index (χ0v) is 10.0. The van der Waals surface area contributed by atoms with Crippen molar-refractivity contribution in [3.05, 3.63) is 28.2 Å². The van der Waals surface area contributed by atoms with E-state index < -0.39 is 17.6 Å². The van der Waals surface area contributed by atoms with Gasteiger partial charge in [-0.05, 0) is 22.0 Å². The Kier molecular flexibility index (Phi) is 4.67. The molecule has 0 saturated carbocycles. The molecule has 6 heteroatoms. The van der Waals surface area contributed by atoms with Crippen molar-refractivity contribution in [2.24, 2.45) is 0 Å². The molecule has 0 radical (unpaired) electrons. The first kappa shape index (κ1) is 12.9. The van der Waals surface area contributed by atoms with E-state index in [2.05, 4.69) is 20.7 Å². The number of methoxy groups -OCH3 is 1. The average molecular weight is 295 g/mol. The lowest BCUT2D eigenvalue weighted by atomic mass is 10.3. The van der Waals surface area contributed by atoms with Gasteiger partial charge in [-0.25, -0.2) is 8.78 Å². The molecule has 0 aliphatic heterocycles. The molecule has 0 unspecified atom stereocenters. The second-order valence-corrected chi connectivity index (χ2v) is 3.73. The van der Waals surface area contributed by atoms with Crippen LogP contribution in [-0.2, 0) is 9.53 Å². The third-order valence-corrected chi connectivity index (χ3v) is 2.33. The molecule has 0 fully saturated rings. The summed E-state index contributed by atoms with van der Waals surface area (Å²) < 4.78 is 35.5. The van der Waals surface area contributed by atoms with Gasteiger partial charge >= 0.3 is 5.97 Å². The summed E-state index contributed by atoms with van der Waals surface area (Å²) in [6.07, 6.45) is -0.000242. The van der Waals surface area contributed by atoms with E-state index in [0.717, 1.165) is 6.07 Å². The first-order valence-electron chi connectivity index (χ1n) is 4.38. The third kappa shape index (κ3) is 3.44. The molecule has 0 amide bonds. The SMILES string of the molecule is COC(=O)CCOc1c(F)cc(F)cc1Br. The first-order valence-corrected chi connectivity index (χ1v) is 5.18. The minimum atomic E-state index is -0.822. The van der Waals surface area contributed by atoms with Gasteiger partial charge in [0.15, 0.2) is 11.6 Å². The van der Waals surface area contributed by atoms with Crippen molar-refractivity contribution >= 4 is 21.9 Å². The third-order valence-electron chi connectivity index (χ3n) is 1.74. The van der Waals surface area contributed by atoms with Gasteiger partial charge in [0, 0.05) is 6.07 Å². The molecule has 1 aromatic rings. The van der Waals surface area contributed by atoms with Crippen LogP contribution in [0.15, 0.2) is 16.6 Å². The van der Waals surface area contributed by atoms with E-state index in [9.17, 15) is 13.6 Å². The van der Waals surface area contributed by atoms with E-state index in [1.807, 2.05) is 0 Å². The van der Waals surface area contributed by atoms with E-state index in [0.29, 0.717) is 6.07 Å². The van der Waals surface area contributed by atoms with Crippen molar-refractivity contribution < 1.29 is 23.0 Å². The van der Waals surface area contributed by atoms with Gasteiger partial charge in [0.1, 0.15) is 5.82 Å². The maximum absolute atomic E-state index is 13.2. The van der Waals surface area contributed by atoms with Gasteiger partial charge in [-0.15, -0.1) is 0 Å². The summed E-state index contributed by atoms with van der Waals surface area (Å²) in [7, 11) is 1.25. The highest BCUT2D eigenvalue weighted by Gasteiger charge is 2.11. The molecular weight excluding hydrogens is 286 g/mol. The second-order valence-electron chi connectivity index (χ2n) is 2.87. The summed E-state index contributed by atoms with van der Waals surface area (Å²) in [5.41, 5.74) is 0. The highest BCUT2D eigenvalue weighted by Crippen LogP contribution is 2.29. The van der Waals surface area contributed by atoms with Gasteiger partial charge in [0.05, 0.1) is 24.6 Å². The predicted octanol–water partition coefficient (Wildman–Crippen LogP) is 2.67. The molecule has 88 valence electrons. The predicted molar refractivity (Wildman–Crippen MR) is 56.2 cm³/mol. The van der Waals surface area contributed by atoms with Crippen LogP contribution < -0.4 is 4.74 Å². The Morgan fingerprint density at radius 1 is 1.44 bits per heavy atom. The van der Waals surface area contributed by atoms with Crippen LogP contribution in [0, 0.1) is 11.6 Å². The highest BCUT2D eigenvalue weighted by molar-refractivity contribution is 9.10. The topological polar surface area (TPSA) is 35.5 Å². The first-order chi connectivity index (χ1) is 7.54. The number of rotatable bonds is 4. The van der Waals surface area contributed by atoms with E-state index in [4.69, 9.17) is 4.74 Å². The van der Waals surface area contributed by atoms with Crippen molar-refractivity contribution in [1.82, 2.24) is 0 Å². The molecule has 16 heavy (non-hydrogen) atoms. The lowest BCUT2D eigenvalue weighted by Gasteiger charge is -2.08. The molecule has 0 saturated heterocycles. The van der Waals surface area contributed by atoms with Crippen LogP contribution in [0.2, 0.25) is 0 Å². The Morgan fingerprint density at radius 2 is 2.12 bits per heavy atom. The quantitative estimate of drug-likeness (QED) is 0.801. The minimum absolute atomic E-state index is 0.000242. The largest absolute Gasteiger partial charge is 0.489 e. The van der Waals surface area contributed by atoms with Gasteiger partial charge in [0.25, 0.3) is 0 Å². The lowest BCUT2D eigenvalue weighted by Crippen LogP contribution is -2.08. The maximum Gasteiger partial charge on any atom is 0.308 e. The molecule has 0 aliphatic rings. The van der Waals surface area contributed by atoms with Crippen LogP contribution in [0.1, 0.15) is 6.42 Å². The fraction of sp³-hybridized carbons (Fsp3) is 0.300. The summed E-state index contributed by atoms with van der Waals surface area (Å²) in [4.78, 5) is 10.8. The molecule has 1 aromatic carbocycles. The van der Waals surface area contributed by atoms with E-state index in [-0.39, 0.29) is 23.2 Å². The fourth-order valence-electron chi connectivity index (χ4n) is 1.01. The normalized spacial score (nSPS) is 10.0. The van der Waals surface area contributed by atoms with Gasteiger partial charge in [-0.1, -0.05) is 0 Å². The zero-order valence-electron chi connectivity index (χ0n) is 8.43. The van der Waals surface area contributed by atoms with Crippen molar-refractivity contribution in [3.8, 4) is 5.75 Å². The number of benzene rings is 1. The Balaban J connectivity index is 2.64. The zero-order chi connectivity index (χ0) is 12.1. The van der Waals surface area contributed by atoms with Crippen LogP contribution >= 0.6 is 15.9 Å². The lowest BCUT2D eigenvalue weighted by molar-refractivity contribution is -0.141. The van der Waals surface area contributed by atoms with Crippen LogP contribution in [0.25, 0.3) is 0 Å². The van der Waals surface area contributed by atoms with Crippen molar-refractivity contribution in [2.45, 2.75) is 6.42 Å². The summed E-state index contributed by atoms with van der Waals surface area (Å²) in [6, 6.07) is 1.79. The van der Waals surface area contributed by atoms with Crippen molar-refractivity contribution in [3.63, 3.8) is 0 Å². The summed E-state index contributed by atoms with van der Waals surface area (Å²) in [6.45, 7) is -0.0339. The number of ether oxygens (including phenoxy) is 2. The van der Waals surface area contributed by atoms with Crippen LogP contribution in [0.3, 0.4) is 0 Å². The molecule has 0 spiro atoms. The van der Waals surface area contributed by atoms with Crippen molar-refractivity contribution in [2.75, 3.05) is 13.7 Å². The Hall–Kier alpha value is -1.17. The number of halogens is 3. The Morgan fingerprint density at radius 3 is 2.69 bits per heavy atom. The van der Waals surface area contributed by atoms with Crippen LogP contribution in [-0.4, -0.2) is 19.7 Å². The van der Waals surface area contributed by atoms with E-state index >= 15 is 0 Å². The number of carbonyl (C=O) groups excluding carboxylic acids is 1. The number of hydrogen-bond donors (Lipinski definition) is 0. The molecule has 0 atom stereocenters. The molecule has 0 bridgehead atoms. The fourth-order valence-corrected chi connectivity index (χ4v) is 1.53. The summed E-state index contributed by atoms with van der Waals surface area (Å²) in [5, 5.41) is 0. The smallest absolute Gasteiger partial charge is 0.308 e. The van der Waals surface area contributed by atoms with E-state index in [1.165, 1.54) is 7.11 Å². The van der Waals surface area contributed by atoms with Crippen LogP contribution in [0.5, 0.6) is 5.75 Å². The van der Waals surface area contributed by atoms with Gasteiger partial charge in [-0.2, -0.15) is 0 Å². The van der Waals surface area contributed by atoms with Gasteiger partial charge < -0.3 is 9.47 Å². The van der Waals surface area contributed by atoms with Gasteiger partial charge in [0.2, 0.25) is 0 Å². The molecule has 0 heterocycles. The maximum atomic E-state index is 13.2. The monoisotopic (exact) mass is 294 g/mol. The summed E-state index contributed by atoms with van der Waals surface area (Å²) >= 11 is 2.96. The summed E-state index contributed by atoms with van der Waals surface area (Å²) in [5.74, 6) is -2.11. The second kappa shape index (κ2) is 5.79. The molecular formula is C10H9BrF2O3. The van der Waals surface area contributed by atoms with Gasteiger partial charge in [-0.3, -0.25) is 4.79 Å². The molecule has 0 aromatic heterocycles. The number of carbonyl (C=O) groups is 1. The molecule has 3 nitrogen and oxygen atoms in total. The van der Waals surface area contributed by atoms with Crippen LogP contribution in [0.4, 0.5) is 8.78 Å². The standard InChI is InChI=1S/C10H9BrF2O3/c1-15-9(14)2-3-16-10-7(11)4-6(12)5-8(10)13/h4-5H,2-3H2,1H3. The van der Waals surface area contributed by atoms with E-state index in [1.54, 1.807) is 0 Å².